The van der Waals surface area contributed by atoms with Gasteiger partial charge in [-0.1, -0.05) is 312 Å². The van der Waals surface area contributed by atoms with Crippen LogP contribution in [0.5, 0.6) is 0 Å². The molecule has 0 aliphatic heterocycles. The van der Waals surface area contributed by atoms with Crippen LogP contribution in [0.4, 0.5) is 0 Å². The first-order valence-electron chi connectivity index (χ1n) is 37.4. The summed E-state index contributed by atoms with van der Waals surface area (Å²) in [6, 6.07) is 0. The van der Waals surface area contributed by atoms with E-state index in [4.69, 9.17) is 37.0 Å². The van der Waals surface area contributed by atoms with Crippen LogP contribution >= 0.6 is 15.6 Å². The van der Waals surface area contributed by atoms with Crippen LogP contribution in [-0.4, -0.2) is 96.7 Å². The second kappa shape index (κ2) is 62.8. The van der Waals surface area contributed by atoms with Crippen LogP contribution in [0.2, 0.25) is 0 Å². The van der Waals surface area contributed by atoms with Gasteiger partial charge in [0, 0.05) is 25.7 Å². The van der Waals surface area contributed by atoms with E-state index in [1.807, 2.05) is 0 Å². The van der Waals surface area contributed by atoms with Crippen molar-refractivity contribution in [3.63, 3.8) is 0 Å². The summed E-state index contributed by atoms with van der Waals surface area (Å²) >= 11 is 0. The van der Waals surface area contributed by atoms with Crippen molar-refractivity contribution >= 4 is 39.5 Å². The van der Waals surface area contributed by atoms with Gasteiger partial charge < -0.3 is 33.8 Å². The average Bonchev–Trinajstić information content (AvgIpc) is 3.56. The fourth-order valence-corrected chi connectivity index (χ4v) is 12.4. The third kappa shape index (κ3) is 65.1. The van der Waals surface area contributed by atoms with Crippen LogP contribution in [0.3, 0.4) is 0 Å². The molecule has 0 radical (unpaired) electrons. The van der Waals surface area contributed by atoms with Crippen molar-refractivity contribution in [3.05, 3.63) is 0 Å². The van der Waals surface area contributed by atoms with Crippen molar-refractivity contribution in [3.8, 4) is 0 Å². The van der Waals surface area contributed by atoms with Crippen LogP contribution in [0.1, 0.15) is 363 Å². The SMILES string of the molecule is CCCCCCCCCCCCCCCCC(=O)OC[C@H](COP(=O)(O)OC[C@@H](O)COP(=O)(O)OC[C@@H](COC(=O)CCCCCCCCC(C)C)OC(=O)CCCCCCCCCC(C)C)OC(=O)CCCCCCCCCCCCCCCCC(C)CC. The zero-order chi connectivity index (χ0) is 67.3. The summed E-state index contributed by atoms with van der Waals surface area (Å²) in [6.07, 6.45) is 47.4. The number of aliphatic hydroxyl groups is 1. The molecule has 0 amide bonds. The van der Waals surface area contributed by atoms with Gasteiger partial charge in [-0.05, 0) is 43.4 Å². The molecule has 540 valence electrons. The fraction of sp³-hybridized carbons (Fsp3) is 0.944. The number of carbonyl (C=O) groups excluding carboxylic acids is 4. The summed E-state index contributed by atoms with van der Waals surface area (Å²) in [5, 5.41) is 10.6. The van der Waals surface area contributed by atoms with Gasteiger partial charge in [-0.15, -0.1) is 0 Å². The minimum Gasteiger partial charge on any atom is -0.462 e. The number of phosphoric acid groups is 2. The van der Waals surface area contributed by atoms with E-state index in [0.717, 1.165) is 102 Å². The number of hydrogen-bond acceptors (Lipinski definition) is 15. The molecule has 0 bridgehead atoms. The van der Waals surface area contributed by atoms with Gasteiger partial charge in [0.05, 0.1) is 26.4 Å². The fourth-order valence-electron chi connectivity index (χ4n) is 10.9. The van der Waals surface area contributed by atoms with Gasteiger partial charge in [0.15, 0.2) is 12.2 Å². The van der Waals surface area contributed by atoms with Crippen LogP contribution < -0.4 is 0 Å². The predicted octanol–water partition coefficient (Wildman–Crippen LogP) is 20.6. The van der Waals surface area contributed by atoms with Crippen molar-refractivity contribution in [2.24, 2.45) is 17.8 Å². The maximum Gasteiger partial charge on any atom is 0.472 e. The molecule has 0 saturated heterocycles. The summed E-state index contributed by atoms with van der Waals surface area (Å²) in [5.74, 6) is 0.0941. The summed E-state index contributed by atoms with van der Waals surface area (Å²) < 4.78 is 68.3. The molecule has 0 aliphatic carbocycles. The van der Waals surface area contributed by atoms with E-state index in [9.17, 15) is 43.2 Å². The van der Waals surface area contributed by atoms with E-state index in [1.54, 1.807) is 0 Å². The first kappa shape index (κ1) is 89.1. The van der Waals surface area contributed by atoms with Crippen LogP contribution in [0, 0.1) is 17.8 Å². The highest BCUT2D eigenvalue weighted by molar-refractivity contribution is 7.47. The Labute approximate surface area is 556 Å². The molecule has 0 aliphatic rings. The van der Waals surface area contributed by atoms with Gasteiger partial charge >= 0.3 is 39.5 Å². The zero-order valence-corrected chi connectivity index (χ0v) is 61.1. The molecule has 0 saturated carbocycles. The molecule has 0 aromatic heterocycles. The molecular weight excluding hydrogens is 1200 g/mol. The van der Waals surface area contributed by atoms with Crippen molar-refractivity contribution in [2.45, 2.75) is 381 Å². The number of aliphatic hydroxyl groups excluding tert-OH is 1. The Bertz CT molecular complexity index is 1790. The second-order valence-electron chi connectivity index (χ2n) is 27.2. The highest BCUT2D eigenvalue weighted by atomic mass is 31.2. The van der Waals surface area contributed by atoms with E-state index >= 15 is 0 Å². The Hall–Kier alpha value is -1.94. The number of rotatable bonds is 70. The lowest BCUT2D eigenvalue weighted by molar-refractivity contribution is -0.161. The molecule has 19 heteroatoms. The monoisotopic (exact) mass is 1340 g/mol. The third-order valence-electron chi connectivity index (χ3n) is 17.0. The molecule has 6 atom stereocenters. The van der Waals surface area contributed by atoms with Crippen molar-refractivity contribution < 1.29 is 80.2 Å². The van der Waals surface area contributed by atoms with Gasteiger partial charge in [-0.2, -0.15) is 0 Å². The summed E-state index contributed by atoms with van der Waals surface area (Å²) in [5.41, 5.74) is 0. The molecule has 3 N–H and O–H groups in total. The maximum atomic E-state index is 13.0. The van der Waals surface area contributed by atoms with E-state index in [1.165, 1.54) is 167 Å². The summed E-state index contributed by atoms with van der Waals surface area (Å²) in [6.45, 7) is 11.8. The molecule has 91 heavy (non-hydrogen) atoms. The Balaban J connectivity index is 5.22. The van der Waals surface area contributed by atoms with Crippen molar-refractivity contribution in [1.82, 2.24) is 0 Å². The number of ether oxygens (including phenoxy) is 4. The summed E-state index contributed by atoms with van der Waals surface area (Å²) in [4.78, 5) is 72.6. The van der Waals surface area contributed by atoms with Gasteiger partial charge in [-0.3, -0.25) is 37.3 Å². The Kier molecular flexibility index (Phi) is 61.5. The lowest BCUT2D eigenvalue weighted by Crippen LogP contribution is -2.30. The molecule has 3 unspecified atom stereocenters. The topological polar surface area (TPSA) is 237 Å². The first-order valence-corrected chi connectivity index (χ1v) is 40.4. The second-order valence-corrected chi connectivity index (χ2v) is 30.1. The lowest BCUT2D eigenvalue weighted by Gasteiger charge is -2.21. The van der Waals surface area contributed by atoms with Crippen molar-refractivity contribution in [1.29, 1.82) is 0 Å². The van der Waals surface area contributed by atoms with Crippen LogP contribution in [0.15, 0.2) is 0 Å². The quantitative estimate of drug-likeness (QED) is 0.0222. The highest BCUT2D eigenvalue weighted by Gasteiger charge is 2.30. The first-order chi connectivity index (χ1) is 43.8. The van der Waals surface area contributed by atoms with E-state index in [2.05, 4.69) is 48.5 Å². The normalized spacial score (nSPS) is 14.5. The van der Waals surface area contributed by atoms with E-state index in [0.29, 0.717) is 37.5 Å². The van der Waals surface area contributed by atoms with Crippen molar-refractivity contribution in [2.75, 3.05) is 39.6 Å². The van der Waals surface area contributed by atoms with Gasteiger partial charge in [0.2, 0.25) is 0 Å². The maximum absolute atomic E-state index is 13.0. The van der Waals surface area contributed by atoms with Crippen LogP contribution in [-0.2, 0) is 65.4 Å². The number of unbranched alkanes of at least 4 members (excludes halogenated alkanes) is 37. The Morgan fingerprint density at radius 3 is 0.835 bits per heavy atom. The average molecular weight is 1340 g/mol. The highest BCUT2D eigenvalue weighted by Crippen LogP contribution is 2.45. The Morgan fingerprint density at radius 1 is 0.319 bits per heavy atom. The number of carbonyl (C=O) groups is 4. The summed E-state index contributed by atoms with van der Waals surface area (Å²) in [7, 11) is -9.90. The lowest BCUT2D eigenvalue weighted by atomic mass is 9.99. The number of esters is 4. The number of hydrogen-bond donors (Lipinski definition) is 3. The van der Waals surface area contributed by atoms with Gasteiger partial charge in [0.1, 0.15) is 19.3 Å². The predicted molar refractivity (Wildman–Crippen MR) is 368 cm³/mol. The van der Waals surface area contributed by atoms with Gasteiger partial charge in [0.25, 0.3) is 0 Å². The molecule has 0 rings (SSSR count). The van der Waals surface area contributed by atoms with Crippen LogP contribution in [0.25, 0.3) is 0 Å². The minimum absolute atomic E-state index is 0.102. The number of phosphoric ester groups is 2. The molecule has 0 aromatic carbocycles. The minimum atomic E-state index is -4.95. The standard InChI is InChI=1S/C72H140O17P2/c1-8-10-11-12-13-14-15-16-20-23-26-31-39-46-53-69(74)82-59-67(88-71(76)55-48-41-32-27-24-21-18-17-19-22-25-30-38-45-52-65(7)9-2)61-86-90(78,79)84-57-66(73)58-85-91(80,81)87-62-68(60-83-70(75)54-47-40-35-34-37-44-51-64(5)6)89-72(77)56-49-42-33-28-29-36-43-50-63(3)4/h63-68,73H,8-62H2,1-7H3,(H,78,79)(H,80,81)/t65?,66-,67-,68-/m1/s1. The molecule has 0 aromatic rings. The third-order valence-corrected chi connectivity index (χ3v) is 18.9. The van der Waals surface area contributed by atoms with E-state index < -0.39 is 97.5 Å². The Morgan fingerprint density at radius 2 is 0.560 bits per heavy atom. The molecule has 0 fully saturated rings. The zero-order valence-electron chi connectivity index (χ0n) is 59.3. The molecule has 17 nitrogen and oxygen atoms in total. The van der Waals surface area contributed by atoms with E-state index in [-0.39, 0.29) is 25.7 Å². The largest absolute Gasteiger partial charge is 0.472 e. The molecule has 0 spiro atoms. The molecular formula is C72H140O17P2. The van der Waals surface area contributed by atoms with Gasteiger partial charge in [-0.25, -0.2) is 9.13 Å². The molecule has 0 heterocycles. The smallest absolute Gasteiger partial charge is 0.462 e.